The van der Waals surface area contributed by atoms with Crippen LogP contribution in [0.3, 0.4) is 0 Å². The molecule has 4 rings (SSSR count). The van der Waals surface area contributed by atoms with Gasteiger partial charge in [0.15, 0.2) is 0 Å². The van der Waals surface area contributed by atoms with Gasteiger partial charge in [0.2, 0.25) is 0 Å². The fraction of sp³-hybridized carbons (Fsp3) is 0.481. The second kappa shape index (κ2) is 10.3. The number of aromatic nitrogens is 1. The number of fused-ring (bicyclic) bond motifs is 1. The highest BCUT2D eigenvalue weighted by Crippen LogP contribution is 2.36. The maximum Gasteiger partial charge on any atom is 0.306 e. The molecular weight excluding hydrogens is 432 g/mol. The third-order valence-corrected chi connectivity index (χ3v) is 6.96. The van der Waals surface area contributed by atoms with Gasteiger partial charge >= 0.3 is 5.97 Å². The third-order valence-electron chi connectivity index (χ3n) is 5.88. The van der Waals surface area contributed by atoms with Crippen molar-refractivity contribution in [3.63, 3.8) is 0 Å². The van der Waals surface area contributed by atoms with Crippen LogP contribution >= 0.6 is 11.3 Å². The van der Waals surface area contributed by atoms with E-state index in [4.69, 9.17) is 14.5 Å². The van der Waals surface area contributed by atoms with Crippen LogP contribution in [-0.4, -0.2) is 47.7 Å². The average Bonchev–Trinajstić information content (AvgIpc) is 3.20. The van der Waals surface area contributed by atoms with Crippen molar-refractivity contribution >= 4 is 27.5 Å². The molecule has 2 heterocycles. The van der Waals surface area contributed by atoms with Gasteiger partial charge in [-0.3, -0.25) is 4.79 Å². The molecule has 0 bridgehead atoms. The number of piperidine rings is 1. The van der Waals surface area contributed by atoms with E-state index in [2.05, 4.69) is 36.2 Å². The van der Waals surface area contributed by atoms with Gasteiger partial charge in [-0.25, -0.2) is 4.98 Å². The Bertz CT molecular complexity index is 1050. The number of benzene rings is 2. The van der Waals surface area contributed by atoms with Crippen molar-refractivity contribution in [1.82, 2.24) is 9.88 Å². The number of likely N-dealkylation sites (tertiary alicyclic amines) is 1. The largest absolute Gasteiger partial charge is 0.460 e. The highest BCUT2D eigenvalue weighted by molar-refractivity contribution is 7.18. The first-order valence-electron chi connectivity index (χ1n) is 11.8. The Balaban J connectivity index is 1.62. The first kappa shape index (κ1) is 23.9. The number of hydrogen-bond donors (Lipinski definition) is 0. The predicted molar refractivity (Wildman–Crippen MR) is 134 cm³/mol. The quantitative estimate of drug-likeness (QED) is 0.414. The summed E-state index contributed by atoms with van der Waals surface area (Å²) in [5, 5.41) is 0.972. The van der Waals surface area contributed by atoms with Crippen molar-refractivity contribution in [2.24, 2.45) is 0 Å². The Morgan fingerprint density at radius 1 is 1.12 bits per heavy atom. The van der Waals surface area contributed by atoms with Crippen LogP contribution in [0.4, 0.5) is 0 Å². The predicted octanol–water partition coefficient (Wildman–Crippen LogP) is 5.77. The molecule has 1 unspecified atom stereocenters. The molecule has 1 aliphatic heterocycles. The zero-order valence-electron chi connectivity index (χ0n) is 20.0. The number of aryl methyl sites for hydroxylation is 1. The maximum absolute atomic E-state index is 12.4. The van der Waals surface area contributed by atoms with E-state index in [0.29, 0.717) is 12.8 Å². The lowest BCUT2D eigenvalue weighted by Crippen LogP contribution is -2.35. The zero-order chi connectivity index (χ0) is 23.4. The molecule has 2 aromatic carbocycles. The summed E-state index contributed by atoms with van der Waals surface area (Å²) in [6.45, 7) is 7.78. The standard InChI is InChI=1S/C27H34N2O3S/c1-27(2,3)32-24(30)14-13-19-9-5-6-10-21(19)25(31-20-15-17-29(4)18-16-20)26-28-22-11-7-8-12-23(22)33-26/h5-12,20,25H,13-18H2,1-4H3. The van der Waals surface area contributed by atoms with Gasteiger partial charge in [-0.05, 0) is 70.3 Å². The lowest BCUT2D eigenvalue weighted by atomic mass is 9.98. The van der Waals surface area contributed by atoms with Gasteiger partial charge in [0.05, 0.1) is 16.3 Å². The molecule has 0 saturated carbocycles. The van der Waals surface area contributed by atoms with Gasteiger partial charge in [0, 0.05) is 19.5 Å². The van der Waals surface area contributed by atoms with E-state index in [-0.39, 0.29) is 18.2 Å². The molecule has 0 aliphatic carbocycles. The van der Waals surface area contributed by atoms with E-state index in [1.165, 1.54) is 0 Å². The van der Waals surface area contributed by atoms with E-state index in [1.54, 1.807) is 11.3 Å². The van der Waals surface area contributed by atoms with Crippen molar-refractivity contribution in [2.45, 2.75) is 64.3 Å². The van der Waals surface area contributed by atoms with Gasteiger partial charge < -0.3 is 14.4 Å². The molecule has 3 aromatic rings. The van der Waals surface area contributed by atoms with Gasteiger partial charge in [0.1, 0.15) is 16.7 Å². The van der Waals surface area contributed by atoms with Crippen LogP contribution in [0.2, 0.25) is 0 Å². The molecule has 33 heavy (non-hydrogen) atoms. The van der Waals surface area contributed by atoms with Crippen molar-refractivity contribution in [3.8, 4) is 0 Å². The summed E-state index contributed by atoms with van der Waals surface area (Å²) >= 11 is 1.69. The lowest BCUT2D eigenvalue weighted by molar-refractivity contribution is -0.154. The van der Waals surface area contributed by atoms with E-state index in [1.807, 2.05) is 45.0 Å². The Morgan fingerprint density at radius 3 is 2.55 bits per heavy atom. The number of carbonyl (C=O) groups is 1. The maximum atomic E-state index is 12.4. The van der Waals surface area contributed by atoms with Crippen LogP contribution < -0.4 is 0 Å². The van der Waals surface area contributed by atoms with E-state index in [9.17, 15) is 4.79 Å². The molecule has 6 heteroatoms. The number of esters is 1. The van der Waals surface area contributed by atoms with Gasteiger partial charge in [-0.2, -0.15) is 0 Å². The number of thiazole rings is 1. The smallest absolute Gasteiger partial charge is 0.306 e. The minimum absolute atomic E-state index is 0.176. The van der Waals surface area contributed by atoms with E-state index < -0.39 is 5.60 Å². The van der Waals surface area contributed by atoms with Crippen LogP contribution in [0.15, 0.2) is 48.5 Å². The number of hydrogen-bond acceptors (Lipinski definition) is 6. The SMILES string of the molecule is CN1CCC(OC(c2nc3ccccc3s2)c2ccccc2CCC(=O)OC(C)(C)C)CC1. The molecule has 1 atom stereocenters. The number of ether oxygens (including phenoxy) is 2. The summed E-state index contributed by atoms with van der Waals surface area (Å²) in [4.78, 5) is 19.7. The van der Waals surface area contributed by atoms with Crippen molar-refractivity contribution < 1.29 is 14.3 Å². The minimum Gasteiger partial charge on any atom is -0.460 e. The zero-order valence-corrected chi connectivity index (χ0v) is 20.9. The molecule has 176 valence electrons. The number of nitrogens with zero attached hydrogens (tertiary/aromatic N) is 2. The molecular formula is C27H34N2O3S. The summed E-state index contributed by atoms with van der Waals surface area (Å²) in [5.74, 6) is -0.176. The number of para-hydroxylation sites is 1. The number of carbonyl (C=O) groups excluding carboxylic acids is 1. The average molecular weight is 467 g/mol. The molecule has 1 aliphatic rings. The van der Waals surface area contributed by atoms with Crippen molar-refractivity contribution in [2.75, 3.05) is 20.1 Å². The highest BCUT2D eigenvalue weighted by atomic mass is 32.1. The Morgan fingerprint density at radius 2 is 1.82 bits per heavy atom. The Hall–Kier alpha value is -2.28. The summed E-state index contributed by atoms with van der Waals surface area (Å²) in [6, 6.07) is 16.5. The first-order chi connectivity index (χ1) is 15.8. The lowest BCUT2D eigenvalue weighted by Gasteiger charge is -2.32. The normalized spacial score (nSPS) is 16.7. The highest BCUT2D eigenvalue weighted by Gasteiger charge is 2.28. The summed E-state index contributed by atoms with van der Waals surface area (Å²) < 4.78 is 13.5. The van der Waals surface area contributed by atoms with Crippen LogP contribution in [-0.2, 0) is 20.7 Å². The minimum atomic E-state index is -0.475. The van der Waals surface area contributed by atoms with Crippen LogP contribution in [0.1, 0.15) is 62.3 Å². The second-order valence-corrected chi connectivity index (χ2v) is 10.9. The van der Waals surface area contributed by atoms with Crippen LogP contribution in [0.25, 0.3) is 10.2 Å². The topological polar surface area (TPSA) is 51.7 Å². The summed E-state index contributed by atoms with van der Waals surface area (Å²) in [5.41, 5.74) is 2.73. The molecule has 1 fully saturated rings. The Labute approximate surface area is 200 Å². The molecule has 0 radical (unpaired) electrons. The first-order valence-corrected chi connectivity index (χ1v) is 12.6. The summed E-state index contributed by atoms with van der Waals surface area (Å²) in [6.07, 6.45) is 2.93. The molecule has 0 amide bonds. The van der Waals surface area contributed by atoms with Gasteiger partial charge in [-0.1, -0.05) is 36.4 Å². The second-order valence-electron chi connectivity index (χ2n) is 9.82. The van der Waals surface area contributed by atoms with Crippen LogP contribution in [0, 0.1) is 0 Å². The molecule has 1 saturated heterocycles. The van der Waals surface area contributed by atoms with Gasteiger partial charge in [-0.15, -0.1) is 11.3 Å². The molecule has 5 nitrogen and oxygen atoms in total. The van der Waals surface area contributed by atoms with Gasteiger partial charge in [0.25, 0.3) is 0 Å². The summed E-state index contributed by atoms with van der Waals surface area (Å²) in [7, 11) is 2.16. The van der Waals surface area contributed by atoms with E-state index >= 15 is 0 Å². The van der Waals surface area contributed by atoms with Crippen molar-refractivity contribution in [1.29, 1.82) is 0 Å². The monoisotopic (exact) mass is 466 g/mol. The van der Waals surface area contributed by atoms with Crippen LogP contribution in [0.5, 0.6) is 0 Å². The number of rotatable bonds is 7. The fourth-order valence-electron chi connectivity index (χ4n) is 4.23. The molecule has 0 N–H and O–H groups in total. The molecule has 1 aromatic heterocycles. The van der Waals surface area contributed by atoms with Crippen molar-refractivity contribution in [3.05, 3.63) is 64.7 Å². The molecule has 0 spiro atoms. The Kier molecular flexibility index (Phi) is 7.47. The third kappa shape index (κ3) is 6.40. The van der Waals surface area contributed by atoms with E-state index in [0.717, 1.165) is 52.3 Å². The fourth-order valence-corrected chi connectivity index (χ4v) is 5.25.